The number of aryl methyl sites for hydroxylation is 2. The molecule has 8 nitrogen and oxygen atoms in total. The number of nitrogens with one attached hydrogen (secondary N) is 3. The highest BCUT2D eigenvalue weighted by atomic mass is 16.4. The molecule has 4 N–H and O–H groups in total. The average Bonchev–Trinajstić information content (AvgIpc) is 2.67. The van der Waals surface area contributed by atoms with Gasteiger partial charge in [-0.3, -0.25) is 30.0 Å². The van der Waals surface area contributed by atoms with E-state index in [1.54, 1.807) is 6.07 Å². The summed E-state index contributed by atoms with van der Waals surface area (Å²) in [6.07, 6.45) is 2.38. The highest BCUT2D eigenvalue weighted by molar-refractivity contribution is 5.93. The predicted octanol–water partition coefficient (Wildman–Crippen LogP) is 2.06. The van der Waals surface area contributed by atoms with Gasteiger partial charge in [-0.1, -0.05) is 18.9 Å². The SMILES string of the molecule is Cc1ccc(NC(=O)CCC(=O)NNC(=O)[C@@H]2CCCC[C@H]2C(=O)O)cc1C. The van der Waals surface area contributed by atoms with Crippen molar-refractivity contribution in [2.45, 2.75) is 52.4 Å². The molecule has 2 atom stereocenters. The smallest absolute Gasteiger partial charge is 0.307 e. The molecule has 0 spiro atoms. The number of benzene rings is 1. The molecule has 1 saturated carbocycles. The molecule has 8 heteroatoms. The van der Waals surface area contributed by atoms with Gasteiger partial charge in [0.15, 0.2) is 0 Å². The number of hydrazine groups is 1. The summed E-state index contributed by atoms with van der Waals surface area (Å²) in [5.41, 5.74) is 7.40. The van der Waals surface area contributed by atoms with Gasteiger partial charge >= 0.3 is 5.97 Å². The summed E-state index contributed by atoms with van der Waals surface area (Å²) >= 11 is 0. The van der Waals surface area contributed by atoms with Gasteiger partial charge in [-0.2, -0.15) is 0 Å². The Hall–Kier alpha value is -2.90. The Balaban J connectivity index is 1.74. The average molecular weight is 389 g/mol. The monoisotopic (exact) mass is 389 g/mol. The molecule has 1 fully saturated rings. The van der Waals surface area contributed by atoms with Crippen LogP contribution in [0.4, 0.5) is 5.69 Å². The summed E-state index contributed by atoms with van der Waals surface area (Å²) < 4.78 is 0. The Morgan fingerprint density at radius 1 is 0.929 bits per heavy atom. The lowest BCUT2D eigenvalue weighted by molar-refractivity contribution is -0.149. The fourth-order valence-electron chi connectivity index (χ4n) is 3.30. The van der Waals surface area contributed by atoms with E-state index in [0.717, 1.165) is 24.0 Å². The number of carboxylic acids is 1. The van der Waals surface area contributed by atoms with Gasteiger partial charge in [0, 0.05) is 18.5 Å². The summed E-state index contributed by atoms with van der Waals surface area (Å²) in [5, 5.41) is 12.0. The lowest BCUT2D eigenvalue weighted by Gasteiger charge is -2.27. The largest absolute Gasteiger partial charge is 0.481 e. The number of amides is 3. The third-order valence-corrected chi connectivity index (χ3v) is 5.11. The van der Waals surface area contributed by atoms with Crippen molar-refractivity contribution in [2.24, 2.45) is 11.8 Å². The van der Waals surface area contributed by atoms with Crippen LogP contribution in [0.1, 0.15) is 49.7 Å². The van der Waals surface area contributed by atoms with E-state index in [1.807, 2.05) is 26.0 Å². The number of aliphatic carboxylic acids is 1. The lowest BCUT2D eigenvalue weighted by Crippen LogP contribution is -2.48. The second-order valence-corrected chi connectivity index (χ2v) is 7.22. The third-order valence-electron chi connectivity index (χ3n) is 5.11. The maximum atomic E-state index is 12.2. The fraction of sp³-hybridized carbons (Fsp3) is 0.500. The van der Waals surface area contributed by atoms with Crippen molar-refractivity contribution in [3.8, 4) is 0 Å². The van der Waals surface area contributed by atoms with Crippen molar-refractivity contribution in [3.05, 3.63) is 29.3 Å². The minimum Gasteiger partial charge on any atom is -0.481 e. The van der Waals surface area contributed by atoms with E-state index in [4.69, 9.17) is 0 Å². The quantitative estimate of drug-likeness (QED) is 0.554. The summed E-state index contributed by atoms with van der Waals surface area (Å²) in [6.45, 7) is 3.92. The van der Waals surface area contributed by atoms with E-state index in [9.17, 15) is 24.3 Å². The molecule has 0 unspecified atom stereocenters. The summed E-state index contributed by atoms with van der Waals surface area (Å²) in [5.74, 6) is -3.68. The Kier molecular flexibility index (Phi) is 7.54. The van der Waals surface area contributed by atoms with Crippen molar-refractivity contribution in [1.82, 2.24) is 10.9 Å². The van der Waals surface area contributed by atoms with Crippen molar-refractivity contribution in [1.29, 1.82) is 0 Å². The first-order valence-electron chi connectivity index (χ1n) is 9.46. The van der Waals surface area contributed by atoms with E-state index in [1.165, 1.54) is 0 Å². The molecule has 0 bridgehead atoms. The van der Waals surface area contributed by atoms with Crippen LogP contribution in [0.5, 0.6) is 0 Å². The van der Waals surface area contributed by atoms with E-state index in [0.29, 0.717) is 18.5 Å². The minimum atomic E-state index is -0.991. The number of carboxylic acid groups (broad SMARTS) is 1. The summed E-state index contributed by atoms with van der Waals surface area (Å²) in [7, 11) is 0. The molecule has 1 aromatic carbocycles. The molecule has 152 valence electrons. The maximum Gasteiger partial charge on any atom is 0.307 e. The van der Waals surface area contributed by atoms with Gasteiger partial charge in [0.25, 0.3) is 0 Å². The van der Waals surface area contributed by atoms with Crippen LogP contribution < -0.4 is 16.2 Å². The topological polar surface area (TPSA) is 125 Å². The number of hydrogen-bond acceptors (Lipinski definition) is 4. The third kappa shape index (κ3) is 6.07. The molecule has 2 rings (SSSR count). The lowest BCUT2D eigenvalue weighted by atomic mass is 9.79. The van der Waals surface area contributed by atoms with Gasteiger partial charge < -0.3 is 10.4 Å². The van der Waals surface area contributed by atoms with Crippen LogP contribution in [0.15, 0.2) is 18.2 Å². The molecule has 0 aliphatic heterocycles. The second-order valence-electron chi connectivity index (χ2n) is 7.22. The molecular weight excluding hydrogens is 362 g/mol. The second kappa shape index (κ2) is 9.87. The molecule has 0 aromatic heterocycles. The molecule has 0 saturated heterocycles. The van der Waals surface area contributed by atoms with Gasteiger partial charge in [0.05, 0.1) is 11.8 Å². The number of hydrogen-bond donors (Lipinski definition) is 4. The highest BCUT2D eigenvalue weighted by Crippen LogP contribution is 2.30. The zero-order chi connectivity index (χ0) is 20.7. The van der Waals surface area contributed by atoms with Crippen LogP contribution in [-0.2, 0) is 19.2 Å². The van der Waals surface area contributed by atoms with Crippen molar-refractivity contribution >= 4 is 29.4 Å². The molecule has 1 aliphatic rings. The zero-order valence-electron chi connectivity index (χ0n) is 16.2. The van der Waals surface area contributed by atoms with Gasteiger partial charge in [0.1, 0.15) is 0 Å². The van der Waals surface area contributed by atoms with Gasteiger partial charge in [-0.05, 0) is 49.9 Å². The summed E-state index contributed by atoms with van der Waals surface area (Å²) in [6, 6.07) is 5.56. The molecule has 0 radical (unpaired) electrons. The van der Waals surface area contributed by atoms with E-state index >= 15 is 0 Å². The first kappa shape index (κ1) is 21.4. The Morgan fingerprint density at radius 3 is 2.21 bits per heavy atom. The van der Waals surface area contributed by atoms with Crippen molar-refractivity contribution in [2.75, 3.05) is 5.32 Å². The molecular formula is C20H27N3O5. The fourth-order valence-corrected chi connectivity index (χ4v) is 3.30. The van der Waals surface area contributed by atoms with Crippen LogP contribution in [0.2, 0.25) is 0 Å². The Bertz CT molecular complexity index is 762. The maximum absolute atomic E-state index is 12.2. The van der Waals surface area contributed by atoms with E-state index in [-0.39, 0.29) is 18.7 Å². The standard InChI is InChI=1S/C20H27N3O5/c1-12-7-8-14(11-13(12)2)21-17(24)9-10-18(25)22-23-19(26)15-5-3-4-6-16(15)20(27)28/h7-8,11,15-16H,3-6,9-10H2,1-2H3,(H,21,24)(H,22,25)(H,23,26)(H,27,28)/t15-,16-/m1/s1. The molecule has 1 aliphatic carbocycles. The number of carbonyl (C=O) groups excluding carboxylic acids is 3. The van der Waals surface area contributed by atoms with Gasteiger partial charge in [0.2, 0.25) is 17.7 Å². The number of carbonyl (C=O) groups is 4. The van der Waals surface area contributed by atoms with Gasteiger partial charge in [-0.25, -0.2) is 0 Å². The minimum absolute atomic E-state index is 0.0319. The zero-order valence-corrected chi connectivity index (χ0v) is 16.2. The van der Waals surface area contributed by atoms with Crippen LogP contribution >= 0.6 is 0 Å². The van der Waals surface area contributed by atoms with Crippen molar-refractivity contribution < 1.29 is 24.3 Å². The summed E-state index contributed by atoms with van der Waals surface area (Å²) in [4.78, 5) is 47.3. The highest BCUT2D eigenvalue weighted by Gasteiger charge is 2.35. The van der Waals surface area contributed by atoms with Crippen molar-refractivity contribution in [3.63, 3.8) is 0 Å². The molecule has 3 amide bonds. The molecule has 0 heterocycles. The van der Waals surface area contributed by atoms with E-state index in [2.05, 4.69) is 16.2 Å². The predicted molar refractivity (Wildman–Crippen MR) is 103 cm³/mol. The Labute approximate surface area is 164 Å². The number of anilines is 1. The molecule has 1 aromatic rings. The van der Waals surface area contributed by atoms with Crippen LogP contribution in [0, 0.1) is 25.7 Å². The van der Waals surface area contributed by atoms with E-state index < -0.39 is 29.6 Å². The van der Waals surface area contributed by atoms with Gasteiger partial charge in [-0.15, -0.1) is 0 Å². The van der Waals surface area contributed by atoms with Crippen LogP contribution in [-0.4, -0.2) is 28.8 Å². The molecule has 28 heavy (non-hydrogen) atoms. The first-order valence-corrected chi connectivity index (χ1v) is 9.46. The Morgan fingerprint density at radius 2 is 1.57 bits per heavy atom. The number of rotatable bonds is 6. The van der Waals surface area contributed by atoms with Crippen LogP contribution in [0.3, 0.4) is 0 Å². The van der Waals surface area contributed by atoms with Crippen LogP contribution in [0.25, 0.3) is 0 Å². The normalized spacial score (nSPS) is 18.8. The first-order chi connectivity index (χ1) is 13.3.